The van der Waals surface area contributed by atoms with Gasteiger partial charge in [-0.2, -0.15) is 5.10 Å². The molecular weight excluding hydrogens is 280 g/mol. The molecule has 0 spiro atoms. The van der Waals surface area contributed by atoms with E-state index in [1.54, 1.807) is 0 Å². The molecule has 1 aromatic heterocycles. The van der Waals surface area contributed by atoms with Crippen molar-refractivity contribution >= 4 is 5.91 Å². The second-order valence-corrected chi connectivity index (χ2v) is 7.48. The average Bonchev–Trinajstić information content (AvgIpc) is 3.17. The molecule has 1 N–H and O–H groups in total. The third-order valence-corrected chi connectivity index (χ3v) is 4.36. The van der Waals surface area contributed by atoms with Crippen LogP contribution in [0, 0.1) is 5.92 Å². The lowest BCUT2D eigenvalue weighted by atomic mass is 9.96. The second-order valence-electron chi connectivity index (χ2n) is 7.48. The van der Waals surface area contributed by atoms with Crippen molar-refractivity contribution in [3.05, 3.63) is 11.6 Å². The van der Waals surface area contributed by atoms with Crippen molar-refractivity contribution in [3.8, 4) is 0 Å². The number of morpholine rings is 1. The first kappa shape index (κ1) is 15.5. The van der Waals surface area contributed by atoms with E-state index in [0.717, 1.165) is 24.0 Å². The van der Waals surface area contributed by atoms with Crippen molar-refractivity contribution in [2.45, 2.75) is 58.0 Å². The predicted molar refractivity (Wildman–Crippen MR) is 82.3 cm³/mol. The number of rotatable bonds is 4. The van der Waals surface area contributed by atoms with E-state index in [1.165, 1.54) is 12.8 Å². The maximum absolute atomic E-state index is 12.3. The summed E-state index contributed by atoms with van der Waals surface area (Å²) in [5, 5.41) is 7.26. The first-order valence-electron chi connectivity index (χ1n) is 8.25. The molecule has 22 heavy (non-hydrogen) atoms. The standard InChI is InChI=1S/C16H26N4O2/c1-16(2,3)15-17-14(18-19-15)12-10-20(8-9-22-12)13(21)7-6-11-4-5-11/h11-12H,4-10H2,1-3H3,(H,17,18,19). The summed E-state index contributed by atoms with van der Waals surface area (Å²) in [5.74, 6) is 2.55. The minimum absolute atomic E-state index is 0.0941. The number of carbonyl (C=O) groups is 1. The summed E-state index contributed by atoms with van der Waals surface area (Å²) in [5.41, 5.74) is -0.0941. The smallest absolute Gasteiger partial charge is 0.222 e. The van der Waals surface area contributed by atoms with Gasteiger partial charge in [0.15, 0.2) is 11.6 Å². The van der Waals surface area contributed by atoms with E-state index < -0.39 is 0 Å². The van der Waals surface area contributed by atoms with Gasteiger partial charge < -0.3 is 9.64 Å². The zero-order valence-corrected chi connectivity index (χ0v) is 13.8. The zero-order valence-electron chi connectivity index (χ0n) is 13.8. The summed E-state index contributed by atoms with van der Waals surface area (Å²) in [6.45, 7) is 8.05. The number of hydrogen-bond acceptors (Lipinski definition) is 4. The van der Waals surface area contributed by atoms with E-state index in [2.05, 4.69) is 36.0 Å². The minimum Gasteiger partial charge on any atom is -0.367 e. The first-order chi connectivity index (χ1) is 10.4. The Morgan fingerprint density at radius 3 is 2.82 bits per heavy atom. The SMILES string of the molecule is CC(C)(C)c1n[nH]c(C2CN(C(=O)CCC3CC3)CCO2)n1. The number of nitrogens with one attached hydrogen (secondary N) is 1. The number of amides is 1. The molecule has 1 atom stereocenters. The van der Waals surface area contributed by atoms with Gasteiger partial charge in [0.2, 0.25) is 5.91 Å². The topological polar surface area (TPSA) is 71.1 Å². The molecule has 1 aliphatic heterocycles. The van der Waals surface area contributed by atoms with Crippen LogP contribution in [0.1, 0.15) is 64.2 Å². The van der Waals surface area contributed by atoms with Crippen molar-refractivity contribution < 1.29 is 9.53 Å². The molecule has 0 bridgehead atoms. The monoisotopic (exact) mass is 306 g/mol. The van der Waals surface area contributed by atoms with Crippen molar-refractivity contribution in [1.29, 1.82) is 0 Å². The van der Waals surface area contributed by atoms with Gasteiger partial charge in [-0.05, 0) is 12.3 Å². The van der Waals surface area contributed by atoms with Gasteiger partial charge in [0, 0.05) is 18.4 Å². The van der Waals surface area contributed by atoms with Crippen LogP contribution in [0.3, 0.4) is 0 Å². The number of aromatic amines is 1. The molecule has 6 nitrogen and oxygen atoms in total. The minimum atomic E-state index is -0.192. The van der Waals surface area contributed by atoms with E-state index >= 15 is 0 Å². The predicted octanol–water partition coefficient (Wildman–Crippen LogP) is 2.19. The van der Waals surface area contributed by atoms with E-state index in [9.17, 15) is 4.79 Å². The maximum atomic E-state index is 12.3. The van der Waals surface area contributed by atoms with Crippen LogP contribution in [0.25, 0.3) is 0 Å². The summed E-state index contributed by atoms with van der Waals surface area (Å²) in [6.07, 6.45) is 4.11. The average molecular weight is 306 g/mol. The van der Waals surface area contributed by atoms with E-state index in [4.69, 9.17) is 4.74 Å². The fraction of sp³-hybridized carbons (Fsp3) is 0.812. The van der Waals surface area contributed by atoms with Crippen LogP contribution >= 0.6 is 0 Å². The van der Waals surface area contributed by atoms with E-state index in [1.807, 2.05) is 4.90 Å². The fourth-order valence-electron chi connectivity index (χ4n) is 2.69. The number of aromatic nitrogens is 3. The largest absolute Gasteiger partial charge is 0.367 e. The molecule has 6 heteroatoms. The molecule has 1 aliphatic carbocycles. The Morgan fingerprint density at radius 1 is 1.41 bits per heavy atom. The highest BCUT2D eigenvalue weighted by Gasteiger charge is 2.30. The number of carbonyl (C=O) groups excluding carboxylic acids is 1. The second kappa shape index (κ2) is 5.99. The lowest BCUT2D eigenvalue weighted by molar-refractivity contribution is -0.139. The molecule has 0 aromatic carbocycles. The third-order valence-electron chi connectivity index (χ3n) is 4.36. The van der Waals surface area contributed by atoms with Gasteiger partial charge in [-0.15, -0.1) is 0 Å². The zero-order chi connectivity index (χ0) is 15.7. The van der Waals surface area contributed by atoms with Crippen LogP contribution in [0.5, 0.6) is 0 Å². The highest BCUT2D eigenvalue weighted by molar-refractivity contribution is 5.76. The normalized spacial score (nSPS) is 22.9. The van der Waals surface area contributed by atoms with Crippen LogP contribution in [-0.2, 0) is 14.9 Å². The summed E-state index contributed by atoms with van der Waals surface area (Å²) < 4.78 is 5.78. The molecule has 2 fully saturated rings. The summed E-state index contributed by atoms with van der Waals surface area (Å²) in [7, 11) is 0. The molecule has 2 aliphatic rings. The van der Waals surface area contributed by atoms with Gasteiger partial charge in [0.25, 0.3) is 0 Å². The Balaban J connectivity index is 1.59. The molecule has 0 radical (unpaired) electrons. The highest BCUT2D eigenvalue weighted by Crippen LogP contribution is 2.34. The molecule has 2 heterocycles. The van der Waals surface area contributed by atoms with Crippen LogP contribution in [0.15, 0.2) is 0 Å². The van der Waals surface area contributed by atoms with Gasteiger partial charge in [0.05, 0.1) is 13.2 Å². The van der Waals surface area contributed by atoms with Crippen molar-refractivity contribution in [2.75, 3.05) is 19.7 Å². The lowest BCUT2D eigenvalue weighted by Crippen LogP contribution is -2.42. The summed E-state index contributed by atoms with van der Waals surface area (Å²) in [6, 6.07) is 0. The Hall–Kier alpha value is -1.43. The molecule has 1 aromatic rings. The Bertz CT molecular complexity index is 530. The highest BCUT2D eigenvalue weighted by atomic mass is 16.5. The Labute approximate surface area is 131 Å². The quantitative estimate of drug-likeness (QED) is 0.925. The number of H-pyrrole nitrogens is 1. The molecule has 1 amide bonds. The van der Waals surface area contributed by atoms with E-state index in [0.29, 0.717) is 26.1 Å². The third kappa shape index (κ3) is 3.66. The van der Waals surface area contributed by atoms with Crippen LogP contribution < -0.4 is 0 Å². The molecule has 1 unspecified atom stereocenters. The Kier molecular flexibility index (Phi) is 4.21. The lowest BCUT2D eigenvalue weighted by Gasteiger charge is -2.32. The molecule has 1 saturated heterocycles. The summed E-state index contributed by atoms with van der Waals surface area (Å²) >= 11 is 0. The molecule has 1 saturated carbocycles. The van der Waals surface area contributed by atoms with Crippen LogP contribution in [-0.4, -0.2) is 45.7 Å². The molecular formula is C16H26N4O2. The summed E-state index contributed by atoms with van der Waals surface area (Å²) in [4.78, 5) is 18.8. The van der Waals surface area contributed by atoms with Gasteiger partial charge >= 0.3 is 0 Å². The molecule has 3 rings (SSSR count). The van der Waals surface area contributed by atoms with E-state index in [-0.39, 0.29) is 17.4 Å². The van der Waals surface area contributed by atoms with Crippen molar-refractivity contribution in [1.82, 2.24) is 20.1 Å². The number of nitrogens with zero attached hydrogens (tertiary/aromatic N) is 3. The van der Waals surface area contributed by atoms with Gasteiger partial charge in [0.1, 0.15) is 6.10 Å². The first-order valence-corrected chi connectivity index (χ1v) is 8.25. The maximum Gasteiger partial charge on any atom is 0.222 e. The van der Waals surface area contributed by atoms with Crippen LogP contribution in [0.2, 0.25) is 0 Å². The van der Waals surface area contributed by atoms with Crippen molar-refractivity contribution in [2.24, 2.45) is 5.92 Å². The van der Waals surface area contributed by atoms with Gasteiger partial charge in [-0.1, -0.05) is 33.6 Å². The molecule has 122 valence electrons. The fourth-order valence-corrected chi connectivity index (χ4v) is 2.69. The van der Waals surface area contributed by atoms with Crippen LogP contribution in [0.4, 0.5) is 0 Å². The van der Waals surface area contributed by atoms with Gasteiger partial charge in [-0.25, -0.2) is 4.98 Å². The number of ether oxygens (including phenoxy) is 1. The van der Waals surface area contributed by atoms with Crippen molar-refractivity contribution in [3.63, 3.8) is 0 Å². The van der Waals surface area contributed by atoms with Gasteiger partial charge in [-0.3, -0.25) is 9.89 Å². The Morgan fingerprint density at radius 2 is 2.18 bits per heavy atom. The number of hydrogen-bond donors (Lipinski definition) is 1.